The van der Waals surface area contributed by atoms with Crippen molar-refractivity contribution in [2.45, 2.75) is 64.1 Å². The van der Waals surface area contributed by atoms with Gasteiger partial charge in [0.15, 0.2) is 0 Å². The Labute approximate surface area is 204 Å². The highest BCUT2D eigenvalue weighted by molar-refractivity contribution is 7.84. The van der Waals surface area contributed by atoms with Gasteiger partial charge in [0, 0.05) is 5.39 Å². The summed E-state index contributed by atoms with van der Waals surface area (Å²) in [5.74, 6) is 0.252. The van der Waals surface area contributed by atoms with E-state index in [2.05, 4.69) is 15.1 Å². The van der Waals surface area contributed by atoms with Gasteiger partial charge in [-0.2, -0.15) is 18.3 Å². The fourth-order valence-corrected chi connectivity index (χ4v) is 4.00. The largest absolute Gasteiger partial charge is 0.444 e. The second-order valence-electron chi connectivity index (χ2n) is 9.97. The van der Waals surface area contributed by atoms with E-state index < -0.39 is 39.6 Å². The highest BCUT2D eigenvalue weighted by Crippen LogP contribution is 2.36. The van der Waals surface area contributed by atoms with Crippen LogP contribution < -0.4 is 10.0 Å². The number of ether oxygens (including phenoxy) is 1. The molecule has 0 radical (unpaired) electrons. The maximum Gasteiger partial charge on any atom is 0.413 e. The molecule has 3 aromatic rings. The molecule has 0 spiro atoms. The zero-order chi connectivity index (χ0) is 26.2. The summed E-state index contributed by atoms with van der Waals surface area (Å²) in [5.41, 5.74) is -0.0892. The molecule has 0 fully saturated rings. The number of nitrogens with zero attached hydrogens (tertiary/aromatic N) is 2. The van der Waals surface area contributed by atoms with E-state index in [1.165, 1.54) is 22.9 Å². The lowest BCUT2D eigenvalue weighted by molar-refractivity contribution is -0.152. The summed E-state index contributed by atoms with van der Waals surface area (Å²) in [6.07, 6.45) is -5.43. The summed E-state index contributed by atoms with van der Waals surface area (Å²) in [7, 11) is -1.96. The van der Waals surface area contributed by atoms with Crippen LogP contribution in [0.15, 0.2) is 48.5 Å². The number of benzene rings is 2. The Bertz CT molecular complexity index is 1230. The average Bonchev–Trinajstić information content (AvgIpc) is 3.07. The Morgan fingerprint density at radius 1 is 1.03 bits per heavy atom. The summed E-state index contributed by atoms with van der Waals surface area (Å²) in [5, 5.41) is 7.55. The molecule has 2 N–H and O–H groups in total. The van der Waals surface area contributed by atoms with Crippen LogP contribution in [0.1, 0.15) is 53.1 Å². The number of anilines is 1. The molecule has 0 aliphatic rings. The molecule has 2 atom stereocenters. The summed E-state index contributed by atoms with van der Waals surface area (Å²) >= 11 is 0. The first-order valence-electron chi connectivity index (χ1n) is 10.9. The van der Waals surface area contributed by atoms with Crippen LogP contribution >= 0.6 is 0 Å². The predicted molar refractivity (Wildman–Crippen MR) is 131 cm³/mol. The highest BCUT2D eigenvalue weighted by atomic mass is 32.2. The van der Waals surface area contributed by atoms with Gasteiger partial charge >= 0.3 is 12.3 Å². The molecule has 0 aliphatic heterocycles. The van der Waals surface area contributed by atoms with E-state index in [4.69, 9.17) is 4.74 Å². The van der Waals surface area contributed by atoms with Gasteiger partial charge in [0.2, 0.25) is 0 Å². The second-order valence-corrected chi connectivity index (χ2v) is 12.0. The van der Waals surface area contributed by atoms with E-state index >= 15 is 0 Å². The lowest BCUT2D eigenvalue weighted by Crippen LogP contribution is -2.41. The van der Waals surface area contributed by atoms with Gasteiger partial charge < -0.3 is 4.74 Å². The number of carbonyl (C=O) groups is 1. The van der Waals surface area contributed by atoms with E-state index in [1.807, 2.05) is 0 Å². The molecule has 7 nitrogen and oxygen atoms in total. The summed E-state index contributed by atoms with van der Waals surface area (Å²) in [6, 6.07) is 10.7. The van der Waals surface area contributed by atoms with Crippen LogP contribution in [-0.4, -0.2) is 36.6 Å². The predicted octanol–water partition coefficient (Wildman–Crippen LogP) is 6.03. The summed E-state index contributed by atoms with van der Waals surface area (Å²) in [4.78, 5) is 12.5. The maximum absolute atomic E-state index is 13.9. The zero-order valence-corrected chi connectivity index (χ0v) is 21.2. The number of halogens is 3. The number of hydrogen-bond donors (Lipinski definition) is 2. The van der Waals surface area contributed by atoms with E-state index in [9.17, 15) is 22.2 Å². The number of fused-ring (bicyclic) bond motifs is 1. The number of para-hydroxylation sites is 1. The van der Waals surface area contributed by atoms with Gasteiger partial charge in [0.1, 0.15) is 17.5 Å². The first-order chi connectivity index (χ1) is 16.1. The zero-order valence-electron chi connectivity index (χ0n) is 20.4. The number of aromatic nitrogens is 2. The molecule has 11 heteroatoms. The van der Waals surface area contributed by atoms with E-state index in [1.54, 1.807) is 71.9 Å². The molecule has 0 saturated heterocycles. The Balaban J connectivity index is 2.11. The number of alkyl halides is 3. The van der Waals surface area contributed by atoms with Crippen LogP contribution in [0.5, 0.6) is 0 Å². The van der Waals surface area contributed by atoms with Crippen molar-refractivity contribution < 1.29 is 26.9 Å². The van der Waals surface area contributed by atoms with Crippen LogP contribution in [0.4, 0.5) is 23.8 Å². The number of nitrogens with one attached hydrogen (secondary N) is 2. The minimum Gasteiger partial charge on any atom is -0.444 e. The molecule has 0 bridgehead atoms. The Hall–Kier alpha value is -2.92. The molecule has 3 rings (SSSR count). The maximum atomic E-state index is 13.9. The fourth-order valence-electron chi connectivity index (χ4n) is 3.17. The molecular formula is C24H29F3N4O3S. The van der Waals surface area contributed by atoms with Crippen molar-refractivity contribution in [3.63, 3.8) is 0 Å². The molecule has 190 valence electrons. The van der Waals surface area contributed by atoms with Gasteiger partial charge in [-0.25, -0.2) is 18.4 Å². The molecule has 1 aromatic heterocycles. The van der Waals surface area contributed by atoms with Gasteiger partial charge in [0.25, 0.3) is 0 Å². The molecule has 1 amide bonds. The quantitative estimate of drug-likeness (QED) is 0.439. The van der Waals surface area contributed by atoms with Crippen LogP contribution in [0.3, 0.4) is 0 Å². The standard InChI is InChI=1S/C24H29F3N4O3S/c1-22(2,3)34-21(32)28-20-17-13-12-15(19(24(25,26)27)30-35(33)23(4,5)6)14-18(17)29-31(20)16-10-8-7-9-11-16/h7-14,19,30H,1-6H3,(H,28,32). The minimum atomic E-state index is -4.70. The molecule has 2 aromatic carbocycles. The molecule has 0 aliphatic carbocycles. The van der Waals surface area contributed by atoms with Crippen LogP contribution in [0, 0.1) is 0 Å². The Morgan fingerprint density at radius 3 is 2.20 bits per heavy atom. The average molecular weight is 511 g/mol. The van der Waals surface area contributed by atoms with Gasteiger partial charge in [-0.05, 0) is 71.4 Å². The van der Waals surface area contributed by atoms with Gasteiger partial charge in [0.05, 0.1) is 26.9 Å². The smallest absolute Gasteiger partial charge is 0.413 e. The van der Waals surface area contributed by atoms with E-state index in [0.29, 0.717) is 11.1 Å². The number of amides is 1. The fraction of sp³-hybridized carbons (Fsp3) is 0.417. The highest BCUT2D eigenvalue weighted by Gasteiger charge is 2.43. The van der Waals surface area contributed by atoms with Crippen molar-refractivity contribution >= 4 is 33.8 Å². The van der Waals surface area contributed by atoms with Gasteiger partial charge in [-0.3, -0.25) is 5.32 Å². The Morgan fingerprint density at radius 2 is 1.66 bits per heavy atom. The third-order valence-electron chi connectivity index (χ3n) is 4.76. The molecular weight excluding hydrogens is 481 g/mol. The Kier molecular flexibility index (Phi) is 7.33. The number of hydrogen-bond acceptors (Lipinski definition) is 4. The molecule has 1 heterocycles. The third-order valence-corrected chi connectivity index (χ3v) is 6.32. The SMILES string of the molecule is CC(C)(C)OC(=O)Nc1c2ccc(C(NS(=O)C(C)(C)C)C(F)(F)F)cc2nn1-c1ccccc1. The van der Waals surface area contributed by atoms with E-state index in [0.717, 1.165) is 0 Å². The van der Waals surface area contributed by atoms with Crippen molar-refractivity contribution in [1.29, 1.82) is 0 Å². The first-order valence-corrected chi connectivity index (χ1v) is 12.0. The lowest BCUT2D eigenvalue weighted by atomic mass is 10.1. The second kappa shape index (κ2) is 9.62. The van der Waals surface area contributed by atoms with E-state index in [-0.39, 0.29) is 16.9 Å². The van der Waals surface area contributed by atoms with Crippen LogP contribution in [-0.2, 0) is 15.7 Å². The van der Waals surface area contributed by atoms with Crippen molar-refractivity contribution in [1.82, 2.24) is 14.5 Å². The number of carbonyl (C=O) groups excluding carboxylic acids is 1. The van der Waals surface area contributed by atoms with Gasteiger partial charge in [-0.1, -0.05) is 24.3 Å². The van der Waals surface area contributed by atoms with Crippen molar-refractivity contribution in [2.24, 2.45) is 0 Å². The summed E-state index contributed by atoms with van der Waals surface area (Å²) in [6.45, 7) is 9.92. The monoisotopic (exact) mass is 510 g/mol. The molecule has 2 unspecified atom stereocenters. The molecule has 0 saturated carbocycles. The summed E-state index contributed by atoms with van der Waals surface area (Å²) < 4.78 is 62.4. The minimum absolute atomic E-state index is 0.149. The van der Waals surface area contributed by atoms with Crippen molar-refractivity contribution in [3.8, 4) is 5.69 Å². The number of rotatable bonds is 5. The normalized spacial score (nSPS) is 14.5. The lowest BCUT2D eigenvalue weighted by Gasteiger charge is -2.26. The van der Waals surface area contributed by atoms with Crippen LogP contribution in [0.2, 0.25) is 0 Å². The molecule has 35 heavy (non-hydrogen) atoms. The van der Waals surface area contributed by atoms with Crippen molar-refractivity contribution in [3.05, 3.63) is 54.1 Å². The van der Waals surface area contributed by atoms with Crippen LogP contribution in [0.25, 0.3) is 16.6 Å². The topological polar surface area (TPSA) is 85.2 Å². The third kappa shape index (κ3) is 6.61. The van der Waals surface area contributed by atoms with Gasteiger partial charge in [-0.15, -0.1) is 0 Å². The van der Waals surface area contributed by atoms with Crippen molar-refractivity contribution in [2.75, 3.05) is 5.32 Å². The first kappa shape index (κ1) is 26.7.